The summed E-state index contributed by atoms with van der Waals surface area (Å²) in [4.78, 5) is 36.1. The molecule has 1 aliphatic rings. The first-order chi connectivity index (χ1) is 11.2. The van der Waals surface area contributed by atoms with E-state index in [0.717, 1.165) is 5.56 Å². The van der Waals surface area contributed by atoms with Gasteiger partial charge in [-0.15, -0.1) is 0 Å². The van der Waals surface area contributed by atoms with Gasteiger partial charge in [-0.2, -0.15) is 0 Å². The van der Waals surface area contributed by atoms with Crippen molar-refractivity contribution in [3.05, 3.63) is 35.6 Å². The highest BCUT2D eigenvalue weighted by atomic mass is 19.1. The van der Waals surface area contributed by atoms with Crippen LogP contribution in [-0.2, 0) is 20.9 Å². The Hall–Kier alpha value is -2.44. The minimum absolute atomic E-state index is 0.0618. The number of hydrogen-bond donors (Lipinski definition) is 2. The Balaban J connectivity index is 1.96. The highest BCUT2D eigenvalue weighted by Gasteiger charge is 2.38. The van der Waals surface area contributed by atoms with E-state index in [-0.39, 0.29) is 24.1 Å². The third-order valence-corrected chi connectivity index (χ3v) is 4.46. The van der Waals surface area contributed by atoms with Gasteiger partial charge in [-0.3, -0.25) is 9.59 Å². The second-order valence-electron chi connectivity index (χ2n) is 6.61. The van der Waals surface area contributed by atoms with Crippen molar-refractivity contribution in [3.63, 3.8) is 0 Å². The first-order valence-electron chi connectivity index (χ1n) is 7.76. The molecule has 1 heterocycles. The zero-order valence-electron chi connectivity index (χ0n) is 13.7. The highest BCUT2D eigenvalue weighted by Crippen LogP contribution is 2.29. The molecule has 1 aromatic rings. The zero-order valence-corrected chi connectivity index (χ0v) is 13.7. The number of nitrogens with zero attached hydrogens (tertiary/aromatic N) is 1. The summed E-state index contributed by atoms with van der Waals surface area (Å²) in [6, 6.07) is 6.01. The van der Waals surface area contributed by atoms with Gasteiger partial charge >= 0.3 is 11.9 Å². The van der Waals surface area contributed by atoms with Crippen molar-refractivity contribution in [2.45, 2.75) is 38.8 Å². The Labute approximate surface area is 139 Å². The second-order valence-corrected chi connectivity index (χ2v) is 6.61. The Morgan fingerprint density at radius 1 is 1.33 bits per heavy atom. The molecule has 2 N–H and O–H groups in total. The Morgan fingerprint density at radius 2 is 1.96 bits per heavy atom. The smallest absolute Gasteiger partial charge is 0.394 e. The maximum atomic E-state index is 12.9. The van der Waals surface area contributed by atoms with Crippen LogP contribution in [0, 0.1) is 11.7 Å². The van der Waals surface area contributed by atoms with Crippen LogP contribution in [0.25, 0.3) is 0 Å². The average Bonchev–Trinajstić information content (AvgIpc) is 2.50. The Kier molecular flexibility index (Phi) is 5.21. The third kappa shape index (κ3) is 4.31. The van der Waals surface area contributed by atoms with E-state index >= 15 is 0 Å². The van der Waals surface area contributed by atoms with Crippen LogP contribution in [-0.4, -0.2) is 39.9 Å². The van der Waals surface area contributed by atoms with Crippen LogP contribution in [0.2, 0.25) is 0 Å². The fourth-order valence-electron chi connectivity index (χ4n) is 2.92. The predicted molar refractivity (Wildman–Crippen MR) is 84.4 cm³/mol. The molecule has 24 heavy (non-hydrogen) atoms. The van der Waals surface area contributed by atoms with Crippen molar-refractivity contribution in [3.8, 4) is 0 Å². The molecule has 1 unspecified atom stereocenters. The number of halogens is 1. The maximum Gasteiger partial charge on any atom is 0.394 e. The van der Waals surface area contributed by atoms with Crippen molar-refractivity contribution < 1.29 is 23.9 Å². The molecule has 0 bridgehead atoms. The van der Waals surface area contributed by atoms with E-state index < -0.39 is 17.4 Å². The van der Waals surface area contributed by atoms with Crippen molar-refractivity contribution in [2.75, 3.05) is 6.54 Å². The standard InChI is InChI=1S/C17H21FN2O4/c1-17(2,19-15(22)16(23)24)12-7-8-20(14(21)9-12)10-11-3-5-13(18)6-4-11/h3-6,12H,7-10H2,1-2H3,(H,19,22)(H,23,24). The van der Waals surface area contributed by atoms with Crippen LogP contribution < -0.4 is 5.32 Å². The summed E-state index contributed by atoms with van der Waals surface area (Å²) in [5.74, 6) is -3.13. The first kappa shape index (κ1) is 17.9. The molecule has 1 aliphatic heterocycles. The molecule has 0 spiro atoms. The molecule has 1 aromatic carbocycles. The van der Waals surface area contributed by atoms with Gasteiger partial charge in [0.1, 0.15) is 5.82 Å². The van der Waals surface area contributed by atoms with Gasteiger partial charge in [0.2, 0.25) is 5.91 Å². The number of carbonyl (C=O) groups is 3. The largest absolute Gasteiger partial charge is 0.474 e. The molecule has 0 aliphatic carbocycles. The fourth-order valence-corrected chi connectivity index (χ4v) is 2.92. The van der Waals surface area contributed by atoms with E-state index in [0.29, 0.717) is 19.5 Å². The Morgan fingerprint density at radius 3 is 2.50 bits per heavy atom. The number of hydrogen-bond acceptors (Lipinski definition) is 3. The number of carbonyl (C=O) groups excluding carboxylic acids is 2. The number of likely N-dealkylation sites (tertiary alicyclic amines) is 1. The molecule has 0 radical (unpaired) electrons. The monoisotopic (exact) mass is 336 g/mol. The number of amides is 2. The van der Waals surface area contributed by atoms with Gasteiger partial charge in [0, 0.05) is 25.0 Å². The molecule has 2 rings (SSSR count). The summed E-state index contributed by atoms with van der Waals surface area (Å²) in [6.07, 6.45) is 0.883. The van der Waals surface area contributed by atoms with Gasteiger partial charge < -0.3 is 15.3 Å². The molecule has 1 atom stereocenters. The molecule has 0 aromatic heterocycles. The number of rotatable bonds is 4. The van der Waals surface area contributed by atoms with E-state index in [1.54, 1.807) is 30.9 Å². The highest BCUT2D eigenvalue weighted by molar-refractivity contribution is 6.31. The molecule has 7 heteroatoms. The molecule has 0 saturated carbocycles. The molecule has 1 saturated heterocycles. The van der Waals surface area contributed by atoms with Crippen LogP contribution >= 0.6 is 0 Å². The molecule has 6 nitrogen and oxygen atoms in total. The van der Waals surface area contributed by atoms with Crippen molar-refractivity contribution in [1.29, 1.82) is 0 Å². The van der Waals surface area contributed by atoms with Gasteiger partial charge in [-0.1, -0.05) is 12.1 Å². The zero-order chi connectivity index (χ0) is 17.9. The van der Waals surface area contributed by atoms with Crippen LogP contribution in [0.3, 0.4) is 0 Å². The van der Waals surface area contributed by atoms with E-state index in [1.807, 2.05) is 0 Å². The second kappa shape index (κ2) is 6.98. The number of benzene rings is 1. The fraction of sp³-hybridized carbons (Fsp3) is 0.471. The Bertz CT molecular complexity index is 642. The van der Waals surface area contributed by atoms with Crippen molar-refractivity contribution in [2.24, 2.45) is 5.92 Å². The molecule has 130 valence electrons. The van der Waals surface area contributed by atoms with Crippen LogP contribution in [0.15, 0.2) is 24.3 Å². The lowest BCUT2D eigenvalue weighted by atomic mass is 9.80. The summed E-state index contributed by atoms with van der Waals surface area (Å²) in [5.41, 5.74) is 0.0641. The summed E-state index contributed by atoms with van der Waals surface area (Å²) in [7, 11) is 0. The number of carboxylic acids is 1. The lowest BCUT2D eigenvalue weighted by Gasteiger charge is -2.40. The van der Waals surface area contributed by atoms with Crippen LogP contribution in [0.5, 0.6) is 0 Å². The summed E-state index contributed by atoms with van der Waals surface area (Å²) < 4.78 is 12.9. The quantitative estimate of drug-likeness (QED) is 0.817. The topological polar surface area (TPSA) is 86.7 Å². The first-order valence-corrected chi connectivity index (χ1v) is 7.76. The van der Waals surface area contributed by atoms with Gasteiger partial charge in [0.25, 0.3) is 0 Å². The van der Waals surface area contributed by atoms with E-state index in [2.05, 4.69) is 5.32 Å². The number of carboxylic acid groups (broad SMARTS) is 1. The molecule has 1 fully saturated rings. The number of nitrogens with one attached hydrogen (secondary N) is 1. The normalized spacial score (nSPS) is 18.4. The third-order valence-electron chi connectivity index (χ3n) is 4.46. The number of piperidine rings is 1. The lowest BCUT2D eigenvalue weighted by molar-refractivity contribution is -0.151. The minimum Gasteiger partial charge on any atom is -0.474 e. The van der Waals surface area contributed by atoms with Gasteiger partial charge in [0.05, 0.1) is 0 Å². The van der Waals surface area contributed by atoms with Gasteiger partial charge in [-0.25, -0.2) is 9.18 Å². The van der Waals surface area contributed by atoms with Gasteiger partial charge in [0.15, 0.2) is 0 Å². The minimum atomic E-state index is -1.54. The molecule has 2 amide bonds. The van der Waals surface area contributed by atoms with Gasteiger partial charge in [-0.05, 0) is 43.9 Å². The molecular formula is C17H21FN2O4. The maximum absolute atomic E-state index is 12.9. The summed E-state index contributed by atoms with van der Waals surface area (Å²) in [5, 5.41) is 11.2. The summed E-state index contributed by atoms with van der Waals surface area (Å²) >= 11 is 0. The van der Waals surface area contributed by atoms with Crippen LogP contribution in [0.1, 0.15) is 32.3 Å². The van der Waals surface area contributed by atoms with Crippen molar-refractivity contribution in [1.82, 2.24) is 10.2 Å². The predicted octanol–water partition coefficient (Wildman–Crippen LogP) is 1.54. The average molecular weight is 336 g/mol. The lowest BCUT2D eigenvalue weighted by Crippen LogP contribution is -2.54. The van der Waals surface area contributed by atoms with E-state index in [9.17, 15) is 18.8 Å². The van der Waals surface area contributed by atoms with Crippen molar-refractivity contribution >= 4 is 17.8 Å². The van der Waals surface area contributed by atoms with Crippen LogP contribution in [0.4, 0.5) is 4.39 Å². The summed E-state index contributed by atoms with van der Waals surface area (Å²) in [6.45, 7) is 4.36. The van der Waals surface area contributed by atoms with E-state index in [1.165, 1.54) is 12.1 Å². The van der Waals surface area contributed by atoms with E-state index in [4.69, 9.17) is 5.11 Å². The molecular weight excluding hydrogens is 315 g/mol. The number of aliphatic carboxylic acids is 1. The SMILES string of the molecule is CC(C)(NC(=O)C(=O)O)C1CCN(Cc2ccc(F)cc2)C(=O)C1.